The van der Waals surface area contributed by atoms with E-state index in [1.165, 1.54) is 18.2 Å². The molecule has 2 N–H and O–H groups in total. The van der Waals surface area contributed by atoms with Gasteiger partial charge in [-0.05, 0) is 34.6 Å². The zero-order valence-corrected chi connectivity index (χ0v) is 13.9. The van der Waals surface area contributed by atoms with Crippen LogP contribution in [-0.4, -0.2) is 31.2 Å². The Bertz CT molecular complexity index is 1070. The predicted molar refractivity (Wildman–Crippen MR) is 86.6 cm³/mol. The van der Waals surface area contributed by atoms with Crippen molar-refractivity contribution in [2.75, 3.05) is 11.9 Å². The van der Waals surface area contributed by atoms with Gasteiger partial charge in [-0.3, -0.25) is 4.79 Å². The Hall–Kier alpha value is -2.92. The average molecular weight is 382 g/mol. The number of nitrogens with zero attached hydrogens (tertiary/aromatic N) is 2. The van der Waals surface area contributed by atoms with E-state index in [4.69, 9.17) is 0 Å². The van der Waals surface area contributed by atoms with Gasteiger partial charge < -0.3 is 5.32 Å². The smallest absolute Gasteiger partial charge is 0.242 e. The van der Waals surface area contributed by atoms with Crippen LogP contribution in [0, 0.1) is 11.6 Å². The molecule has 3 rings (SSSR count). The molecule has 11 heteroatoms. The maximum absolute atomic E-state index is 13.1. The summed E-state index contributed by atoms with van der Waals surface area (Å²) in [5.74, 6) is -2.70. The number of carbonyl (C=O) groups is 1. The van der Waals surface area contributed by atoms with Crippen molar-refractivity contribution in [2.24, 2.45) is 0 Å². The molecular formula is C15H12F2N4O4S. The Morgan fingerprint density at radius 1 is 1.12 bits per heavy atom. The van der Waals surface area contributed by atoms with Gasteiger partial charge in [0.25, 0.3) is 0 Å². The fourth-order valence-corrected chi connectivity index (χ4v) is 3.35. The van der Waals surface area contributed by atoms with E-state index in [-0.39, 0.29) is 34.6 Å². The summed E-state index contributed by atoms with van der Waals surface area (Å²) in [6.07, 6.45) is -0.217. The molecule has 0 saturated heterocycles. The highest BCUT2D eigenvalue weighted by molar-refractivity contribution is 7.89. The van der Waals surface area contributed by atoms with Crippen LogP contribution in [0.25, 0.3) is 11.0 Å². The van der Waals surface area contributed by atoms with Gasteiger partial charge in [-0.2, -0.15) is 0 Å². The minimum Gasteiger partial charge on any atom is -0.326 e. The number of benzene rings is 2. The SMILES string of the molecule is O=C(CCNS(=O)(=O)c1cccc2nonc12)Nc1ccc(F)c(F)c1. The number of hydrogen-bond donors (Lipinski definition) is 2. The minimum atomic E-state index is -3.94. The summed E-state index contributed by atoms with van der Waals surface area (Å²) in [5.41, 5.74) is 0.422. The number of anilines is 1. The molecule has 0 radical (unpaired) electrons. The van der Waals surface area contributed by atoms with Crippen molar-refractivity contribution in [3.05, 3.63) is 48.0 Å². The van der Waals surface area contributed by atoms with Crippen LogP contribution in [-0.2, 0) is 14.8 Å². The Labute approximate surface area is 146 Å². The highest BCUT2D eigenvalue weighted by atomic mass is 32.2. The van der Waals surface area contributed by atoms with Gasteiger partial charge in [-0.1, -0.05) is 6.07 Å². The monoisotopic (exact) mass is 382 g/mol. The van der Waals surface area contributed by atoms with Gasteiger partial charge in [0.2, 0.25) is 15.9 Å². The van der Waals surface area contributed by atoms with E-state index in [0.29, 0.717) is 0 Å². The molecule has 0 atom stereocenters. The molecule has 0 aliphatic carbocycles. The predicted octanol–water partition coefficient (Wildman–Crippen LogP) is 1.81. The molecule has 8 nitrogen and oxygen atoms in total. The number of carbonyl (C=O) groups excluding carboxylic acids is 1. The summed E-state index contributed by atoms with van der Waals surface area (Å²) in [4.78, 5) is 11.7. The molecule has 0 saturated carbocycles. The Kier molecular flexibility index (Phi) is 4.91. The molecule has 0 bridgehead atoms. The number of rotatable bonds is 6. The number of amides is 1. The third kappa shape index (κ3) is 3.83. The van der Waals surface area contributed by atoms with Gasteiger partial charge in [0.1, 0.15) is 10.4 Å². The standard InChI is InChI=1S/C15H12F2N4O4S/c16-10-5-4-9(8-11(10)17)19-14(22)6-7-18-26(23,24)13-3-1-2-12-15(13)21-25-20-12/h1-5,8,18H,6-7H2,(H,19,22). The Morgan fingerprint density at radius 2 is 1.92 bits per heavy atom. The molecule has 0 spiro atoms. The summed E-state index contributed by atoms with van der Waals surface area (Å²) in [6.45, 7) is -0.209. The quantitative estimate of drug-likeness (QED) is 0.672. The largest absolute Gasteiger partial charge is 0.326 e. The van der Waals surface area contributed by atoms with Crippen molar-refractivity contribution in [1.82, 2.24) is 15.0 Å². The number of fused-ring (bicyclic) bond motifs is 1. The van der Waals surface area contributed by atoms with Crippen molar-refractivity contribution in [3.63, 3.8) is 0 Å². The van der Waals surface area contributed by atoms with Crippen molar-refractivity contribution in [1.29, 1.82) is 0 Å². The van der Waals surface area contributed by atoms with Crippen molar-refractivity contribution < 1.29 is 26.6 Å². The average Bonchev–Trinajstić information content (AvgIpc) is 3.06. The van der Waals surface area contributed by atoms with Crippen LogP contribution >= 0.6 is 0 Å². The highest BCUT2D eigenvalue weighted by Crippen LogP contribution is 2.19. The van der Waals surface area contributed by atoms with E-state index in [2.05, 4.69) is 25.0 Å². The van der Waals surface area contributed by atoms with Crippen LogP contribution in [0.5, 0.6) is 0 Å². The maximum atomic E-state index is 13.1. The van der Waals surface area contributed by atoms with Gasteiger partial charge >= 0.3 is 0 Å². The summed E-state index contributed by atoms with van der Waals surface area (Å²) in [6, 6.07) is 7.25. The lowest BCUT2D eigenvalue weighted by molar-refractivity contribution is -0.116. The van der Waals surface area contributed by atoms with E-state index in [1.807, 2.05) is 0 Å². The van der Waals surface area contributed by atoms with E-state index in [0.717, 1.165) is 12.1 Å². The third-order valence-corrected chi connectivity index (χ3v) is 4.88. The lowest BCUT2D eigenvalue weighted by Crippen LogP contribution is -2.28. The van der Waals surface area contributed by atoms with Gasteiger partial charge in [0, 0.05) is 24.7 Å². The fraction of sp³-hybridized carbons (Fsp3) is 0.133. The number of sulfonamides is 1. The van der Waals surface area contributed by atoms with Gasteiger partial charge in [-0.15, -0.1) is 0 Å². The van der Waals surface area contributed by atoms with Gasteiger partial charge in [-0.25, -0.2) is 26.5 Å². The van der Waals surface area contributed by atoms with E-state index >= 15 is 0 Å². The summed E-state index contributed by atoms with van der Waals surface area (Å²) in [5, 5.41) is 9.45. The molecule has 1 amide bonds. The van der Waals surface area contributed by atoms with Crippen molar-refractivity contribution in [3.8, 4) is 0 Å². The topological polar surface area (TPSA) is 114 Å². The number of aromatic nitrogens is 2. The second-order valence-corrected chi connectivity index (χ2v) is 6.95. The number of nitrogens with one attached hydrogen (secondary N) is 2. The first-order valence-electron chi connectivity index (χ1n) is 7.33. The molecular weight excluding hydrogens is 370 g/mol. The molecule has 1 heterocycles. The zero-order valence-electron chi connectivity index (χ0n) is 13.1. The van der Waals surface area contributed by atoms with E-state index in [1.54, 1.807) is 6.07 Å². The van der Waals surface area contributed by atoms with Crippen LogP contribution in [0.3, 0.4) is 0 Å². The Balaban J connectivity index is 1.60. The number of halogens is 2. The zero-order chi connectivity index (χ0) is 18.7. The second kappa shape index (κ2) is 7.14. The maximum Gasteiger partial charge on any atom is 0.242 e. The normalized spacial score (nSPS) is 11.6. The first-order valence-corrected chi connectivity index (χ1v) is 8.81. The first kappa shape index (κ1) is 17.9. The highest BCUT2D eigenvalue weighted by Gasteiger charge is 2.20. The lowest BCUT2D eigenvalue weighted by atomic mass is 10.3. The third-order valence-electron chi connectivity index (χ3n) is 3.39. The fourth-order valence-electron chi connectivity index (χ4n) is 2.17. The lowest BCUT2D eigenvalue weighted by Gasteiger charge is -2.08. The molecule has 136 valence electrons. The van der Waals surface area contributed by atoms with Crippen LogP contribution < -0.4 is 10.0 Å². The van der Waals surface area contributed by atoms with Gasteiger partial charge in [0.15, 0.2) is 17.2 Å². The summed E-state index contributed by atoms with van der Waals surface area (Å²) in [7, 11) is -3.94. The summed E-state index contributed by atoms with van der Waals surface area (Å²) < 4.78 is 57.3. The molecule has 1 aromatic heterocycles. The van der Waals surface area contributed by atoms with Crippen LogP contribution in [0.4, 0.5) is 14.5 Å². The number of hydrogen-bond acceptors (Lipinski definition) is 6. The Morgan fingerprint density at radius 3 is 2.69 bits per heavy atom. The molecule has 0 aliphatic heterocycles. The van der Waals surface area contributed by atoms with Crippen molar-refractivity contribution >= 4 is 32.7 Å². The molecule has 0 fully saturated rings. The van der Waals surface area contributed by atoms with Crippen LogP contribution in [0.1, 0.15) is 6.42 Å². The molecule has 0 unspecified atom stereocenters. The van der Waals surface area contributed by atoms with Gasteiger partial charge in [0.05, 0.1) is 0 Å². The summed E-state index contributed by atoms with van der Waals surface area (Å²) >= 11 is 0. The minimum absolute atomic E-state index is 0.0650. The molecule has 0 aliphatic rings. The molecule has 2 aromatic carbocycles. The molecule has 3 aromatic rings. The molecule has 26 heavy (non-hydrogen) atoms. The van der Waals surface area contributed by atoms with E-state index < -0.39 is 27.6 Å². The van der Waals surface area contributed by atoms with E-state index in [9.17, 15) is 22.0 Å². The van der Waals surface area contributed by atoms with Crippen molar-refractivity contribution in [2.45, 2.75) is 11.3 Å². The van der Waals surface area contributed by atoms with Crippen LogP contribution in [0.2, 0.25) is 0 Å². The first-order chi connectivity index (χ1) is 12.4. The second-order valence-electron chi connectivity index (χ2n) is 5.21. The van der Waals surface area contributed by atoms with Crippen LogP contribution in [0.15, 0.2) is 45.9 Å².